The van der Waals surface area contributed by atoms with Crippen molar-refractivity contribution in [2.75, 3.05) is 13.7 Å². The summed E-state index contributed by atoms with van der Waals surface area (Å²) in [6, 6.07) is 9.52. The number of carbonyl (C=O) groups is 1. The highest BCUT2D eigenvalue weighted by Crippen LogP contribution is 2.35. The molecule has 4 rings (SSSR count). The molecule has 2 fully saturated rings. The van der Waals surface area contributed by atoms with Crippen LogP contribution in [-0.4, -0.2) is 55.4 Å². The van der Waals surface area contributed by atoms with Crippen LogP contribution in [0.4, 0.5) is 0 Å². The number of rotatable bonds is 5. The van der Waals surface area contributed by atoms with E-state index in [0.29, 0.717) is 17.3 Å². The number of methoxy groups -OCH3 is 1. The molecule has 0 radical (unpaired) electrons. The maximum absolute atomic E-state index is 11.7. The molecule has 6 atom stereocenters. The molecule has 2 saturated heterocycles. The van der Waals surface area contributed by atoms with Crippen LogP contribution in [0.1, 0.15) is 19.0 Å². The van der Waals surface area contributed by atoms with Gasteiger partial charge in [0.2, 0.25) is 18.5 Å². The number of hydrogen-bond donors (Lipinski definition) is 2. The molecule has 3 heterocycles. The first-order valence-corrected chi connectivity index (χ1v) is 9.27. The fraction of sp³-hybridized carbons (Fsp3) is 0.450. The molecular formula is C20H23NO8. The third kappa shape index (κ3) is 4.23. The van der Waals surface area contributed by atoms with Gasteiger partial charge in [0.15, 0.2) is 5.76 Å². The number of furan rings is 1. The monoisotopic (exact) mass is 405 g/mol. The minimum Gasteiger partial charge on any atom is -0.497 e. The number of benzene rings is 1. The van der Waals surface area contributed by atoms with Crippen LogP contribution in [0.2, 0.25) is 0 Å². The molecule has 9 heteroatoms. The Morgan fingerprint density at radius 2 is 1.93 bits per heavy atom. The van der Waals surface area contributed by atoms with E-state index in [2.05, 4.69) is 5.32 Å². The van der Waals surface area contributed by atoms with Crippen molar-refractivity contribution in [3.63, 3.8) is 0 Å². The van der Waals surface area contributed by atoms with Crippen molar-refractivity contribution in [1.82, 2.24) is 5.32 Å². The molecule has 9 nitrogen and oxygen atoms in total. The third-order valence-corrected chi connectivity index (χ3v) is 4.82. The van der Waals surface area contributed by atoms with Gasteiger partial charge in [-0.15, -0.1) is 0 Å². The van der Waals surface area contributed by atoms with Crippen LogP contribution >= 0.6 is 0 Å². The second-order valence-corrected chi connectivity index (χ2v) is 6.83. The lowest BCUT2D eigenvalue weighted by molar-refractivity contribution is -0.336. The first kappa shape index (κ1) is 19.7. The predicted octanol–water partition coefficient (Wildman–Crippen LogP) is 1.37. The molecule has 2 aliphatic heterocycles. The predicted molar refractivity (Wildman–Crippen MR) is 98.2 cm³/mol. The molecule has 0 bridgehead atoms. The number of carbonyl (C=O) groups excluding carboxylic acids is 1. The largest absolute Gasteiger partial charge is 0.497 e. The maximum atomic E-state index is 11.7. The van der Waals surface area contributed by atoms with Crippen LogP contribution in [0.3, 0.4) is 0 Å². The lowest BCUT2D eigenvalue weighted by atomic mass is 9.96. The average molecular weight is 405 g/mol. The SMILES string of the molecule is COc1ccc(O[C@@H]2O[C@@H]3CO[C@H](c4ccco4)O[C@@H]3[C@H](O)[C@@H]2NC(C)=O)cc1. The standard InChI is InChI=1S/C20H23NO8/c1-11(22)21-16-17(23)18-15(10-26-19(29-18)14-4-3-9-25-14)28-20(16)27-13-7-5-12(24-2)6-8-13/h3-9,15-20,23H,10H2,1-2H3,(H,21,22)/t15-,16+,17-,18+,19+,20-/m1/s1. The van der Waals surface area contributed by atoms with Gasteiger partial charge in [-0.1, -0.05) is 0 Å². The minimum absolute atomic E-state index is 0.169. The highest BCUT2D eigenvalue weighted by Gasteiger charge is 2.51. The Kier molecular flexibility index (Phi) is 5.72. The van der Waals surface area contributed by atoms with Crippen molar-refractivity contribution in [1.29, 1.82) is 0 Å². The Morgan fingerprint density at radius 3 is 2.59 bits per heavy atom. The zero-order valence-corrected chi connectivity index (χ0v) is 16.0. The van der Waals surface area contributed by atoms with E-state index in [9.17, 15) is 9.90 Å². The Labute approximate surface area is 167 Å². The van der Waals surface area contributed by atoms with Gasteiger partial charge in [-0.05, 0) is 36.4 Å². The van der Waals surface area contributed by atoms with E-state index in [1.165, 1.54) is 13.2 Å². The number of ether oxygens (including phenoxy) is 5. The molecule has 156 valence electrons. The average Bonchev–Trinajstić information content (AvgIpc) is 3.26. The Hall–Kier alpha value is -2.59. The van der Waals surface area contributed by atoms with Crippen LogP contribution in [0.25, 0.3) is 0 Å². The quantitative estimate of drug-likeness (QED) is 0.768. The van der Waals surface area contributed by atoms with Crippen LogP contribution in [0.15, 0.2) is 47.1 Å². The van der Waals surface area contributed by atoms with Crippen molar-refractivity contribution in [3.8, 4) is 11.5 Å². The summed E-state index contributed by atoms with van der Waals surface area (Å²) in [5.74, 6) is 1.35. The summed E-state index contributed by atoms with van der Waals surface area (Å²) >= 11 is 0. The Balaban J connectivity index is 1.51. The summed E-state index contributed by atoms with van der Waals surface area (Å²) in [6.45, 7) is 1.53. The molecule has 2 aromatic rings. The first-order valence-electron chi connectivity index (χ1n) is 9.27. The van der Waals surface area contributed by atoms with Gasteiger partial charge in [-0.2, -0.15) is 0 Å². The number of hydrogen-bond acceptors (Lipinski definition) is 8. The number of aliphatic hydroxyl groups excluding tert-OH is 1. The summed E-state index contributed by atoms with van der Waals surface area (Å²) in [6.07, 6.45) is -2.57. The van der Waals surface area contributed by atoms with E-state index in [1.54, 1.807) is 43.5 Å². The van der Waals surface area contributed by atoms with Gasteiger partial charge >= 0.3 is 0 Å². The Bertz CT molecular complexity index is 808. The van der Waals surface area contributed by atoms with Crippen LogP contribution in [0.5, 0.6) is 11.5 Å². The maximum Gasteiger partial charge on any atom is 0.223 e. The second-order valence-electron chi connectivity index (χ2n) is 6.83. The minimum atomic E-state index is -1.08. The molecule has 1 aromatic carbocycles. The molecule has 1 amide bonds. The van der Waals surface area contributed by atoms with Crippen LogP contribution < -0.4 is 14.8 Å². The zero-order chi connectivity index (χ0) is 20.4. The van der Waals surface area contributed by atoms with Crippen molar-refractivity contribution >= 4 is 5.91 Å². The smallest absolute Gasteiger partial charge is 0.223 e. The highest BCUT2D eigenvalue weighted by molar-refractivity contribution is 5.73. The molecule has 0 aliphatic carbocycles. The molecule has 2 aliphatic rings. The van der Waals surface area contributed by atoms with E-state index < -0.39 is 36.9 Å². The van der Waals surface area contributed by atoms with Gasteiger partial charge < -0.3 is 38.5 Å². The number of nitrogens with one attached hydrogen (secondary N) is 1. The first-order chi connectivity index (χ1) is 14.0. The van der Waals surface area contributed by atoms with Crippen molar-refractivity contribution < 1.29 is 38.0 Å². The van der Waals surface area contributed by atoms with E-state index in [-0.39, 0.29) is 12.5 Å². The third-order valence-electron chi connectivity index (χ3n) is 4.82. The van der Waals surface area contributed by atoms with E-state index in [1.807, 2.05) is 0 Å². The molecule has 0 saturated carbocycles. The second kappa shape index (κ2) is 8.42. The molecule has 1 aromatic heterocycles. The summed E-state index contributed by atoms with van der Waals surface area (Å²) in [5.41, 5.74) is 0. The highest BCUT2D eigenvalue weighted by atomic mass is 16.8. The van der Waals surface area contributed by atoms with E-state index in [4.69, 9.17) is 28.1 Å². The van der Waals surface area contributed by atoms with Crippen molar-refractivity contribution in [3.05, 3.63) is 48.4 Å². The van der Waals surface area contributed by atoms with Gasteiger partial charge in [-0.25, -0.2) is 0 Å². The lowest BCUT2D eigenvalue weighted by Crippen LogP contribution is -2.67. The lowest BCUT2D eigenvalue weighted by Gasteiger charge is -2.47. The topological polar surface area (TPSA) is 109 Å². The molecule has 29 heavy (non-hydrogen) atoms. The summed E-state index contributed by atoms with van der Waals surface area (Å²) < 4.78 is 33.9. The number of aliphatic hydroxyl groups is 1. The van der Waals surface area contributed by atoms with Gasteiger partial charge in [0.25, 0.3) is 0 Å². The van der Waals surface area contributed by atoms with Gasteiger partial charge in [0.1, 0.15) is 35.9 Å². The summed E-state index contributed by atoms with van der Waals surface area (Å²) in [5, 5.41) is 13.7. The number of amides is 1. The van der Waals surface area contributed by atoms with Gasteiger partial charge in [-0.3, -0.25) is 4.79 Å². The molecule has 0 unspecified atom stereocenters. The van der Waals surface area contributed by atoms with Crippen molar-refractivity contribution in [2.45, 2.75) is 43.9 Å². The molecule has 2 N–H and O–H groups in total. The molecule has 0 spiro atoms. The fourth-order valence-corrected chi connectivity index (χ4v) is 3.44. The van der Waals surface area contributed by atoms with Crippen LogP contribution in [-0.2, 0) is 19.0 Å². The fourth-order valence-electron chi connectivity index (χ4n) is 3.44. The van der Waals surface area contributed by atoms with E-state index in [0.717, 1.165) is 0 Å². The Morgan fingerprint density at radius 1 is 1.17 bits per heavy atom. The van der Waals surface area contributed by atoms with Gasteiger partial charge in [0.05, 0.1) is 20.0 Å². The molecular weight excluding hydrogens is 382 g/mol. The summed E-state index contributed by atoms with van der Waals surface area (Å²) in [4.78, 5) is 11.7. The van der Waals surface area contributed by atoms with Crippen LogP contribution in [0, 0.1) is 0 Å². The summed E-state index contributed by atoms with van der Waals surface area (Å²) in [7, 11) is 1.57. The zero-order valence-electron chi connectivity index (χ0n) is 16.0. The van der Waals surface area contributed by atoms with Crippen molar-refractivity contribution in [2.24, 2.45) is 0 Å². The number of fused-ring (bicyclic) bond motifs is 1. The normalized spacial score (nSPS) is 31.6. The van der Waals surface area contributed by atoms with Gasteiger partial charge in [0, 0.05) is 6.92 Å². The van der Waals surface area contributed by atoms with E-state index >= 15 is 0 Å².